The van der Waals surface area contributed by atoms with Crippen molar-refractivity contribution in [2.45, 2.75) is 25.3 Å². The number of hydrogen-bond acceptors (Lipinski definition) is 7. The van der Waals surface area contributed by atoms with Gasteiger partial charge in [-0.15, -0.1) is 0 Å². The van der Waals surface area contributed by atoms with Crippen LogP contribution in [-0.4, -0.2) is 29.7 Å². The first-order chi connectivity index (χ1) is 16.0. The standard InChI is InChI=1S/C20H12F6N8/c1-10(17-31-9-32-34(17)18-28-3-2-4-29-18)33-15-11(7-27)8-30-16-13(15)5-12(19(21,22)23)6-14(16)20(24,25)26/h2-6,8-10H,1H3,(H,30,33)/t10-/m0/s1. The number of nitrogens with zero attached hydrogens (tertiary/aromatic N) is 7. The third-order valence-corrected chi connectivity index (χ3v) is 4.79. The molecule has 174 valence electrons. The monoisotopic (exact) mass is 478 g/mol. The van der Waals surface area contributed by atoms with E-state index in [2.05, 4.69) is 30.4 Å². The lowest BCUT2D eigenvalue weighted by Crippen LogP contribution is -2.17. The number of aromatic nitrogens is 6. The molecule has 0 unspecified atom stereocenters. The highest BCUT2D eigenvalue weighted by atomic mass is 19.4. The summed E-state index contributed by atoms with van der Waals surface area (Å²) in [5.74, 6) is 0.338. The molecule has 8 nitrogen and oxygen atoms in total. The van der Waals surface area contributed by atoms with Crippen LogP contribution in [0.15, 0.2) is 43.1 Å². The van der Waals surface area contributed by atoms with Gasteiger partial charge in [0, 0.05) is 24.0 Å². The van der Waals surface area contributed by atoms with Crippen LogP contribution in [0.25, 0.3) is 16.9 Å². The summed E-state index contributed by atoms with van der Waals surface area (Å²) in [6, 6.07) is 3.00. The van der Waals surface area contributed by atoms with Crippen LogP contribution in [0.1, 0.15) is 35.5 Å². The fourth-order valence-corrected chi connectivity index (χ4v) is 3.30. The smallest absolute Gasteiger partial charge is 0.374 e. The number of anilines is 1. The highest BCUT2D eigenvalue weighted by molar-refractivity contribution is 5.96. The quantitative estimate of drug-likeness (QED) is 0.425. The maximum absolute atomic E-state index is 13.6. The van der Waals surface area contributed by atoms with Crippen LogP contribution in [-0.2, 0) is 12.4 Å². The SMILES string of the molecule is C[C@H](Nc1c(C#N)cnc2c(C(F)(F)F)cc(C(F)(F)F)cc12)c1ncnn1-c1ncccn1. The molecule has 3 heterocycles. The lowest BCUT2D eigenvalue weighted by molar-refractivity contribution is -0.142. The van der Waals surface area contributed by atoms with Crippen LogP contribution >= 0.6 is 0 Å². The fourth-order valence-electron chi connectivity index (χ4n) is 3.30. The largest absolute Gasteiger partial charge is 0.418 e. The second kappa shape index (κ2) is 8.25. The van der Waals surface area contributed by atoms with Crippen molar-refractivity contribution >= 4 is 16.6 Å². The number of alkyl halides is 6. The minimum Gasteiger partial charge on any atom is -0.374 e. The van der Waals surface area contributed by atoms with Crippen molar-refractivity contribution in [2.75, 3.05) is 5.32 Å². The number of nitriles is 1. The summed E-state index contributed by atoms with van der Waals surface area (Å²) in [4.78, 5) is 15.8. The van der Waals surface area contributed by atoms with E-state index in [9.17, 15) is 31.6 Å². The van der Waals surface area contributed by atoms with E-state index >= 15 is 0 Å². The molecule has 0 fully saturated rings. The number of hydrogen-bond donors (Lipinski definition) is 1. The van der Waals surface area contributed by atoms with Crippen LogP contribution in [0.2, 0.25) is 0 Å². The first-order valence-electron chi connectivity index (χ1n) is 9.45. The maximum atomic E-state index is 13.6. The average Bonchev–Trinajstić information content (AvgIpc) is 3.28. The molecule has 0 saturated heterocycles. The third kappa shape index (κ3) is 4.19. The Morgan fingerprint density at radius 3 is 2.32 bits per heavy atom. The van der Waals surface area contributed by atoms with Crippen molar-refractivity contribution in [3.63, 3.8) is 0 Å². The van der Waals surface area contributed by atoms with E-state index < -0.39 is 40.4 Å². The molecule has 14 heteroatoms. The van der Waals surface area contributed by atoms with Crippen molar-refractivity contribution in [2.24, 2.45) is 0 Å². The van der Waals surface area contributed by atoms with Crippen molar-refractivity contribution in [3.05, 3.63) is 65.6 Å². The van der Waals surface area contributed by atoms with E-state index in [-0.39, 0.29) is 29.1 Å². The van der Waals surface area contributed by atoms with E-state index in [0.29, 0.717) is 6.07 Å². The van der Waals surface area contributed by atoms with Gasteiger partial charge in [0.2, 0.25) is 0 Å². The van der Waals surface area contributed by atoms with E-state index in [0.717, 1.165) is 6.20 Å². The fraction of sp³-hybridized carbons (Fsp3) is 0.200. The summed E-state index contributed by atoms with van der Waals surface area (Å²) in [7, 11) is 0. The summed E-state index contributed by atoms with van der Waals surface area (Å²) in [6.45, 7) is 1.54. The van der Waals surface area contributed by atoms with Crippen molar-refractivity contribution in [1.29, 1.82) is 5.26 Å². The third-order valence-electron chi connectivity index (χ3n) is 4.79. The highest BCUT2D eigenvalue weighted by Crippen LogP contribution is 2.42. The van der Waals surface area contributed by atoms with E-state index in [1.165, 1.54) is 30.3 Å². The topological polar surface area (TPSA) is 105 Å². The van der Waals surface area contributed by atoms with Crippen LogP contribution in [0, 0.1) is 11.3 Å². The minimum absolute atomic E-state index is 0.00202. The molecule has 1 aromatic carbocycles. The molecule has 0 aliphatic rings. The number of halogens is 6. The Labute approximate surface area is 186 Å². The molecule has 0 radical (unpaired) electrons. The van der Waals surface area contributed by atoms with E-state index in [1.807, 2.05) is 0 Å². The zero-order chi connectivity index (χ0) is 24.7. The lowest BCUT2D eigenvalue weighted by atomic mass is 10.0. The van der Waals surface area contributed by atoms with E-state index in [1.54, 1.807) is 12.1 Å². The summed E-state index contributed by atoms with van der Waals surface area (Å²) >= 11 is 0. The molecule has 0 spiro atoms. The van der Waals surface area contributed by atoms with Crippen LogP contribution in [0.4, 0.5) is 32.0 Å². The molecule has 4 rings (SSSR count). The van der Waals surface area contributed by atoms with Gasteiger partial charge in [0.1, 0.15) is 12.4 Å². The van der Waals surface area contributed by atoms with Crippen molar-refractivity contribution in [3.8, 4) is 12.0 Å². The Hall–Kier alpha value is -4.28. The minimum atomic E-state index is -5.12. The van der Waals surface area contributed by atoms with Gasteiger partial charge in [-0.2, -0.15) is 41.4 Å². The van der Waals surface area contributed by atoms with Crippen LogP contribution < -0.4 is 5.32 Å². The molecule has 3 aromatic heterocycles. The summed E-state index contributed by atoms with van der Waals surface area (Å²) in [5, 5.41) is 15.8. The van der Waals surface area contributed by atoms with Gasteiger partial charge in [0.25, 0.3) is 5.95 Å². The van der Waals surface area contributed by atoms with Gasteiger partial charge < -0.3 is 5.32 Å². The van der Waals surface area contributed by atoms with Crippen LogP contribution in [0.3, 0.4) is 0 Å². The molecule has 0 bridgehead atoms. The number of fused-ring (bicyclic) bond motifs is 1. The average molecular weight is 478 g/mol. The van der Waals surface area contributed by atoms with Gasteiger partial charge in [-0.05, 0) is 25.1 Å². The van der Waals surface area contributed by atoms with Gasteiger partial charge in [-0.25, -0.2) is 15.0 Å². The zero-order valence-corrected chi connectivity index (χ0v) is 17.0. The summed E-state index contributed by atoms with van der Waals surface area (Å²) < 4.78 is 82.3. The molecular weight excluding hydrogens is 466 g/mol. The van der Waals surface area contributed by atoms with Crippen LogP contribution in [0.5, 0.6) is 0 Å². The zero-order valence-electron chi connectivity index (χ0n) is 17.0. The van der Waals surface area contributed by atoms with Crippen molar-refractivity contribution < 1.29 is 26.3 Å². The molecule has 4 aromatic rings. The van der Waals surface area contributed by atoms with Crippen molar-refractivity contribution in [1.82, 2.24) is 29.7 Å². The molecule has 0 saturated carbocycles. The number of pyridine rings is 1. The lowest BCUT2D eigenvalue weighted by Gasteiger charge is -2.20. The predicted octanol–water partition coefficient (Wildman–Crippen LogP) is 4.69. The second-order valence-corrected chi connectivity index (χ2v) is 7.02. The van der Waals surface area contributed by atoms with Gasteiger partial charge in [0.05, 0.1) is 33.9 Å². The number of rotatable bonds is 4. The van der Waals surface area contributed by atoms with Gasteiger partial charge >= 0.3 is 12.4 Å². The Bertz CT molecular complexity index is 1390. The summed E-state index contributed by atoms with van der Waals surface area (Å²) in [6.07, 6.45) is -5.23. The molecule has 1 atom stereocenters. The van der Waals surface area contributed by atoms with Gasteiger partial charge in [-0.3, -0.25) is 4.98 Å². The maximum Gasteiger partial charge on any atom is 0.418 e. The Morgan fingerprint density at radius 1 is 1.00 bits per heavy atom. The molecule has 0 aliphatic carbocycles. The Kier molecular flexibility index (Phi) is 5.56. The predicted molar refractivity (Wildman–Crippen MR) is 105 cm³/mol. The van der Waals surface area contributed by atoms with Gasteiger partial charge in [-0.1, -0.05) is 0 Å². The molecular formula is C20H12F6N8. The number of benzene rings is 1. The Balaban J connectivity index is 1.89. The normalized spacial score (nSPS) is 13.0. The van der Waals surface area contributed by atoms with Gasteiger partial charge in [0.15, 0.2) is 5.82 Å². The molecule has 34 heavy (non-hydrogen) atoms. The first kappa shape index (κ1) is 22.9. The number of nitrogens with one attached hydrogen (secondary N) is 1. The van der Waals surface area contributed by atoms with E-state index in [4.69, 9.17) is 0 Å². The second-order valence-electron chi connectivity index (χ2n) is 7.02. The first-order valence-corrected chi connectivity index (χ1v) is 9.45. The molecule has 1 N–H and O–H groups in total. The molecule has 0 amide bonds. The molecule has 0 aliphatic heterocycles. The highest BCUT2D eigenvalue weighted by Gasteiger charge is 2.39. The Morgan fingerprint density at radius 2 is 1.71 bits per heavy atom. The summed E-state index contributed by atoms with van der Waals surface area (Å²) in [5.41, 5.74) is -4.35.